The molecule has 1 aliphatic rings. The summed E-state index contributed by atoms with van der Waals surface area (Å²) >= 11 is 1.17. The third kappa shape index (κ3) is 4.90. The number of nitrogens with zero attached hydrogens (tertiary/aromatic N) is 2. The topological polar surface area (TPSA) is 99.5 Å². The van der Waals surface area contributed by atoms with Crippen molar-refractivity contribution in [2.45, 2.75) is 30.0 Å². The van der Waals surface area contributed by atoms with Gasteiger partial charge < -0.3 is 10.1 Å². The lowest BCUT2D eigenvalue weighted by Crippen LogP contribution is -2.35. The summed E-state index contributed by atoms with van der Waals surface area (Å²) in [6, 6.07) is 12.0. The fourth-order valence-corrected chi connectivity index (χ4v) is 5.86. The third-order valence-corrected chi connectivity index (χ3v) is 7.82. The molecule has 2 aromatic rings. The monoisotopic (exact) mass is 419 g/mol. The second-order valence-electron chi connectivity index (χ2n) is 6.36. The van der Waals surface area contributed by atoms with Gasteiger partial charge >= 0.3 is 0 Å². The first-order valence-corrected chi connectivity index (χ1v) is 11.2. The second kappa shape index (κ2) is 9.19. The molecule has 1 N–H and O–H groups in total. The van der Waals surface area contributed by atoms with Crippen molar-refractivity contribution in [3.63, 3.8) is 0 Å². The smallest absolute Gasteiger partial charge is 0.258 e. The Hall–Kier alpha value is -2.41. The van der Waals surface area contributed by atoms with E-state index in [4.69, 9.17) is 10.00 Å². The van der Waals surface area contributed by atoms with E-state index in [1.165, 1.54) is 15.6 Å². The number of sulfonamides is 1. The average Bonchev–Trinajstić information content (AvgIpc) is 3.21. The van der Waals surface area contributed by atoms with Gasteiger partial charge in [-0.25, -0.2) is 8.42 Å². The van der Waals surface area contributed by atoms with Gasteiger partial charge in [0.15, 0.2) is 6.61 Å². The third-order valence-electron chi connectivity index (χ3n) is 4.37. The Morgan fingerprint density at radius 3 is 2.68 bits per heavy atom. The molecule has 0 aliphatic carbocycles. The molecule has 0 spiro atoms. The molecule has 148 valence electrons. The van der Waals surface area contributed by atoms with Crippen molar-refractivity contribution < 1.29 is 17.9 Å². The van der Waals surface area contributed by atoms with Crippen LogP contribution < -0.4 is 10.1 Å². The Bertz CT molecular complexity index is 973. The summed E-state index contributed by atoms with van der Waals surface area (Å²) in [5.74, 6) is 0.00719. The molecule has 9 heteroatoms. The fourth-order valence-electron chi connectivity index (χ4n) is 2.89. The fraction of sp³-hybridized carbons (Fsp3) is 0.368. The first-order valence-electron chi connectivity index (χ1n) is 8.98. The normalized spacial score (nSPS) is 15.0. The number of nitrogens with one attached hydrogen (secondary N) is 1. The molecular weight excluding hydrogens is 398 g/mol. The van der Waals surface area contributed by atoms with E-state index in [2.05, 4.69) is 5.32 Å². The van der Waals surface area contributed by atoms with Crippen LogP contribution in [0.15, 0.2) is 40.6 Å². The first-order chi connectivity index (χ1) is 13.5. The van der Waals surface area contributed by atoms with Gasteiger partial charge in [0.05, 0.1) is 12.1 Å². The zero-order valence-electron chi connectivity index (χ0n) is 15.3. The Balaban J connectivity index is 1.52. The van der Waals surface area contributed by atoms with Crippen LogP contribution in [0.5, 0.6) is 5.75 Å². The lowest BCUT2D eigenvalue weighted by atomic mass is 10.2. The quantitative estimate of drug-likeness (QED) is 0.743. The van der Waals surface area contributed by atoms with Crippen molar-refractivity contribution in [2.24, 2.45) is 0 Å². The molecule has 1 fully saturated rings. The zero-order chi connectivity index (χ0) is 20.0. The van der Waals surface area contributed by atoms with E-state index in [1.807, 2.05) is 6.07 Å². The molecule has 0 bridgehead atoms. The van der Waals surface area contributed by atoms with Crippen LogP contribution in [0.25, 0.3) is 0 Å². The molecule has 0 unspecified atom stereocenters. The van der Waals surface area contributed by atoms with Gasteiger partial charge in [0.2, 0.25) is 0 Å². The number of piperidine rings is 1. The minimum absolute atomic E-state index is 0.219. The molecule has 0 atom stereocenters. The van der Waals surface area contributed by atoms with Crippen LogP contribution >= 0.6 is 11.3 Å². The number of amides is 1. The highest BCUT2D eigenvalue weighted by Gasteiger charge is 2.27. The number of hydrogen-bond acceptors (Lipinski definition) is 6. The number of carbonyl (C=O) groups excluding carboxylic acids is 1. The summed E-state index contributed by atoms with van der Waals surface area (Å²) in [6.07, 6.45) is 2.85. The molecule has 0 saturated carbocycles. The van der Waals surface area contributed by atoms with Crippen molar-refractivity contribution in [2.75, 3.05) is 19.7 Å². The maximum atomic E-state index is 12.7. The van der Waals surface area contributed by atoms with Crippen LogP contribution in [0.1, 0.15) is 29.7 Å². The predicted molar refractivity (Wildman–Crippen MR) is 105 cm³/mol. The van der Waals surface area contributed by atoms with Crippen molar-refractivity contribution in [3.8, 4) is 11.8 Å². The van der Waals surface area contributed by atoms with Crippen LogP contribution in [0.2, 0.25) is 0 Å². The summed E-state index contributed by atoms with van der Waals surface area (Å²) in [6.45, 7) is 1.13. The van der Waals surface area contributed by atoms with Gasteiger partial charge in [-0.1, -0.05) is 18.6 Å². The van der Waals surface area contributed by atoms with E-state index < -0.39 is 10.0 Å². The number of rotatable bonds is 7. The molecule has 1 saturated heterocycles. The largest absolute Gasteiger partial charge is 0.482 e. The molecule has 3 rings (SSSR count). The highest BCUT2D eigenvalue weighted by Crippen LogP contribution is 2.27. The van der Waals surface area contributed by atoms with Crippen LogP contribution in [-0.4, -0.2) is 38.3 Å². The van der Waals surface area contributed by atoms with Crippen LogP contribution in [0.3, 0.4) is 0 Å². The molecule has 2 heterocycles. The Morgan fingerprint density at radius 2 is 1.93 bits per heavy atom. The number of para-hydroxylation sites is 1. The summed E-state index contributed by atoms with van der Waals surface area (Å²) in [4.78, 5) is 12.8. The second-order valence-corrected chi connectivity index (χ2v) is 9.69. The van der Waals surface area contributed by atoms with Gasteiger partial charge in [-0.05, 0) is 37.1 Å². The number of benzene rings is 1. The van der Waals surface area contributed by atoms with Crippen molar-refractivity contribution in [1.29, 1.82) is 5.26 Å². The highest BCUT2D eigenvalue weighted by atomic mass is 32.2. The summed E-state index contributed by atoms with van der Waals surface area (Å²) < 4.78 is 32.5. The Morgan fingerprint density at radius 1 is 1.18 bits per heavy atom. The standard InChI is InChI=1S/C19H21N3O4S2/c20-12-15-6-2-3-7-17(15)26-14-18(23)21-13-16-8-9-19(27-16)28(24,25)22-10-4-1-5-11-22/h2-3,6-9H,1,4-5,10-11,13-14H2,(H,21,23). The summed E-state index contributed by atoms with van der Waals surface area (Å²) in [5, 5.41) is 11.7. The van der Waals surface area contributed by atoms with E-state index in [9.17, 15) is 13.2 Å². The van der Waals surface area contributed by atoms with E-state index in [1.54, 1.807) is 36.4 Å². The van der Waals surface area contributed by atoms with Crippen molar-refractivity contribution in [3.05, 3.63) is 46.8 Å². The number of carbonyl (C=O) groups is 1. The molecule has 0 radical (unpaired) electrons. The molecule has 1 aliphatic heterocycles. The lowest BCUT2D eigenvalue weighted by molar-refractivity contribution is -0.123. The van der Waals surface area contributed by atoms with E-state index >= 15 is 0 Å². The van der Waals surface area contributed by atoms with Gasteiger partial charge in [-0.15, -0.1) is 11.3 Å². The predicted octanol–water partition coefficient (Wildman–Crippen LogP) is 2.49. The molecule has 7 nitrogen and oxygen atoms in total. The van der Waals surface area contributed by atoms with Gasteiger partial charge in [-0.2, -0.15) is 9.57 Å². The molecular formula is C19H21N3O4S2. The molecule has 1 aromatic carbocycles. The first kappa shape index (κ1) is 20.3. The van der Waals surface area contributed by atoms with Crippen LogP contribution in [0.4, 0.5) is 0 Å². The summed E-state index contributed by atoms with van der Waals surface area (Å²) in [7, 11) is -3.45. The van der Waals surface area contributed by atoms with E-state index in [0.29, 0.717) is 28.6 Å². The van der Waals surface area contributed by atoms with Crippen LogP contribution in [-0.2, 0) is 21.4 Å². The average molecular weight is 420 g/mol. The van der Waals surface area contributed by atoms with Gasteiger partial charge in [0.1, 0.15) is 16.0 Å². The Kier molecular flexibility index (Phi) is 6.67. The van der Waals surface area contributed by atoms with E-state index in [-0.39, 0.29) is 19.1 Å². The minimum Gasteiger partial charge on any atom is -0.482 e. The highest BCUT2D eigenvalue weighted by molar-refractivity contribution is 7.91. The van der Waals surface area contributed by atoms with Crippen molar-refractivity contribution in [1.82, 2.24) is 9.62 Å². The summed E-state index contributed by atoms with van der Waals surface area (Å²) in [5.41, 5.74) is 0.362. The van der Waals surface area contributed by atoms with Gasteiger partial charge in [0, 0.05) is 18.0 Å². The molecule has 1 aromatic heterocycles. The lowest BCUT2D eigenvalue weighted by Gasteiger charge is -2.25. The van der Waals surface area contributed by atoms with Crippen LogP contribution in [0, 0.1) is 11.3 Å². The van der Waals surface area contributed by atoms with Gasteiger partial charge in [-0.3, -0.25) is 4.79 Å². The maximum Gasteiger partial charge on any atom is 0.258 e. The molecule has 28 heavy (non-hydrogen) atoms. The van der Waals surface area contributed by atoms with Crippen molar-refractivity contribution >= 4 is 27.3 Å². The molecule has 1 amide bonds. The number of hydrogen-bond donors (Lipinski definition) is 1. The number of thiophene rings is 1. The maximum absolute atomic E-state index is 12.7. The number of ether oxygens (including phenoxy) is 1. The van der Waals surface area contributed by atoms with Gasteiger partial charge in [0.25, 0.3) is 15.9 Å². The zero-order valence-corrected chi connectivity index (χ0v) is 16.9. The Labute approximate surface area is 168 Å². The number of nitriles is 1. The SMILES string of the molecule is N#Cc1ccccc1OCC(=O)NCc1ccc(S(=O)(=O)N2CCCCC2)s1. The minimum atomic E-state index is -3.45. The van der Waals surface area contributed by atoms with E-state index in [0.717, 1.165) is 24.1 Å².